The molecule has 0 saturated heterocycles. The Bertz CT molecular complexity index is 795. The number of benzene rings is 2. The number of amides is 2. The zero-order valence-electron chi connectivity index (χ0n) is 15.3. The van der Waals surface area contributed by atoms with Crippen molar-refractivity contribution in [1.82, 2.24) is 5.32 Å². The van der Waals surface area contributed by atoms with Gasteiger partial charge < -0.3 is 15.4 Å². The van der Waals surface area contributed by atoms with Crippen LogP contribution in [0, 0.1) is 13.8 Å². The number of hydrogen-bond acceptors (Lipinski definition) is 3. The molecule has 0 aliphatic carbocycles. The molecule has 136 valence electrons. The van der Waals surface area contributed by atoms with Crippen LogP contribution in [0.1, 0.15) is 23.1 Å². The molecule has 2 amide bonds. The second-order valence-corrected chi connectivity index (χ2v) is 6.01. The number of methoxy groups -OCH3 is 1. The van der Waals surface area contributed by atoms with Gasteiger partial charge in [0, 0.05) is 24.7 Å². The Hall–Kier alpha value is -3.08. The minimum Gasteiger partial charge on any atom is -0.497 e. The molecule has 0 radical (unpaired) electrons. The van der Waals surface area contributed by atoms with Gasteiger partial charge in [0.05, 0.1) is 7.11 Å². The number of rotatable bonds is 7. The smallest absolute Gasteiger partial charge is 0.244 e. The van der Waals surface area contributed by atoms with Crippen molar-refractivity contribution in [2.75, 3.05) is 19.0 Å². The Labute approximate surface area is 154 Å². The van der Waals surface area contributed by atoms with Crippen LogP contribution in [0.5, 0.6) is 5.75 Å². The van der Waals surface area contributed by atoms with Gasteiger partial charge in [0.15, 0.2) is 0 Å². The van der Waals surface area contributed by atoms with Crippen LogP contribution in [0.3, 0.4) is 0 Å². The first-order chi connectivity index (χ1) is 12.5. The fraction of sp³-hybridized carbons (Fsp3) is 0.238. The third-order valence-electron chi connectivity index (χ3n) is 3.86. The van der Waals surface area contributed by atoms with Gasteiger partial charge in [-0.25, -0.2) is 0 Å². The van der Waals surface area contributed by atoms with Gasteiger partial charge in [-0.3, -0.25) is 9.59 Å². The lowest BCUT2D eigenvalue weighted by atomic mass is 10.1. The first kappa shape index (κ1) is 19.2. The molecule has 2 rings (SSSR count). The van der Waals surface area contributed by atoms with E-state index >= 15 is 0 Å². The van der Waals surface area contributed by atoms with Gasteiger partial charge in [-0.2, -0.15) is 0 Å². The molecule has 0 bridgehead atoms. The van der Waals surface area contributed by atoms with E-state index in [1.807, 2.05) is 56.3 Å². The molecule has 0 aliphatic heterocycles. The highest BCUT2D eigenvalue weighted by atomic mass is 16.5. The van der Waals surface area contributed by atoms with Crippen LogP contribution in [-0.4, -0.2) is 25.5 Å². The number of nitrogens with one attached hydrogen (secondary N) is 2. The summed E-state index contributed by atoms with van der Waals surface area (Å²) in [4.78, 5) is 23.8. The summed E-state index contributed by atoms with van der Waals surface area (Å²) in [5.41, 5.74) is 3.80. The van der Waals surface area contributed by atoms with E-state index < -0.39 is 0 Å². The van der Waals surface area contributed by atoms with Crippen LogP contribution >= 0.6 is 0 Å². The minimum atomic E-state index is -0.236. The van der Waals surface area contributed by atoms with Crippen LogP contribution in [0.25, 0.3) is 6.08 Å². The number of carbonyl (C=O) groups excluding carboxylic acids is 2. The normalized spacial score (nSPS) is 10.6. The average molecular weight is 352 g/mol. The molecule has 26 heavy (non-hydrogen) atoms. The highest BCUT2D eigenvalue weighted by molar-refractivity contribution is 5.94. The lowest BCUT2D eigenvalue weighted by molar-refractivity contribution is -0.117. The van der Waals surface area contributed by atoms with Gasteiger partial charge in [-0.05, 0) is 54.8 Å². The standard InChI is InChI=1S/C21H24N2O3/c1-15-4-5-16(2)19(14-15)23-21(25)12-13-22-20(24)11-8-17-6-9-18(26-3)10-7-17/h4-11,14H,12-13H2,1-3H3,(H,22,24)(H,23,25)/b11-8+. The molecule has 5 nitrogen and oxygen atoms in total. The highest BCUT2D eigenvalue weighted by Gasteiger charge is 2.05. The summed E-state index contributed by atoms with van der Waals surface area (Å²) in [6, 6.07) is 13.3. The monoisotopic (exact) mass is 352 g/mol. The van der Waals surface area contributed by atoms with Crippen molar-refractivity contribution in [2.24, 2.45) is 0 Å². The number of carbonyl (C=O) groups is 2. The molecule has 0 unspecified atom stereocenters. The van der Waals surface area contributed by atoms with Crippen molar-refractivity contribution in [3.8, 4) is 5.75 Å². The van der Waals surface area contributed by atoms with Gasteiger partial charge in [0.1, 0.15) is 5.75 Å². The third-order valence-corrected chi connectivity index (χ3v) is 3.86. The molecule has 2 aromatic rings. The van der Waals surface area contributed by atoms with Crippen LogP contribution < -0.4 is 15.4 Å². The van der Waals surface area contributed by atoms with E-state index in [1.165, 1.54) is 6.08 Å². The predicted octanol–water partition coefficient (Wildman–Crippen LogP) is 3.47. The molecule has 0 atom stereocenters. The van der Waals surface area contributed by atoms with E-state index in [0.29, 0.717) is 0 Å². The number of hydrogen-bond donors (Lipinski definition) is 2. The number of aryl methyl sites for hydroxylation is 2. The van der Waals surface area contributed by atoms with Gasteiger partial charge in [-0.1, -0.05) is 24.3 Å². The maximum Gasteiger partial charge on any atom is 0.244 e. The summed E-state index contributed by atoms with van der Waals surface area (Å²) in [6.07, 6.45) is 3.38. The molecule has 2 aromatic carbocycles. The molecule has 0 heterocycles. The first-order valence-electron chi connectivity index (χ1n) is 8.45. The van der Waals surface area contributed by atoms with Crippen LogP contribution in [0.4, 0.5) is 5.69 Å². The molecule has 5 heteroatoms. The maximum atomic E-state index is 12.0. The molecular formula is C21H24N2O3. The van der Waals surface area contributed by atoms with Gasteiger partial charge in [0.25, 0.3) is 0 Å². The molecule has 0 aliphatic rings. The maximum absolute atomic E-state index is 12.0. The molecule has 0 aromatic heterocycles. The van der Waals surface area contributed by atoms with E-state index in [2.05, 4.69) is 10.6 Å². The molecule has 0 fully saturated rings. The van der Waals surface area contributed by atoms with Crippen LogP contribution in [-0.2, 0) is 9.59 Å². The van der Waals surface area contributed by atoms with Gasteiger partial charge in [0.2, 0.25) is 11.8 Å². The van der Waals surface area contributed by atoms with Gasteiger partial charge >= 0.3 is 0 Å². The first-order valence-corrected chi connectivity index (χ1v) is 8.45. The van der Waals surface area contributed by atoms with Crippen molar-refractivity contribution in [3.05, 3.63) is 65.2 Å². The Morgan fingerprint density at radius 1 is 1.08 bits per heavy atom. The predicted molar refractivity (Wildman–Crippen MR) is 104 cm³/mol. The zero-order valence-corrected chi connectivity index (χ0v) is 15.3. The summed E-state index contributed by atoms with van der Waals surface area (Å²) < 4.78 is 5.09. The van der Waals surface area contributed by atoms with Crippen LogP contribution in [0.2, 0.25) is 0 Å². The Kier molecular flexibility index (Phi) is 6.97. The SMILES string of the molecule is COc1ccc(/C=C/C(=O)NCCC(=O)Nc2cc(C)ccc2C)cc1. The van der Waals surface area contributed by atoms with E-state index in [9.17, 15) is 9.59 Å². The molecular weight excluding hydrogens is 328 g/mol. The lowest BCUT2D eigenvalue weighted by Gasteiger charge is -2.09. The van der Waals surface area contributed by atoms with Crippen molar-refractivity contribution in [2.45, 2.75) is 20.3 Å². The van der Waals surface area contributed by atoms with Crippen molar-refractivity contribution >= 4 is 23.6 Å². The minimum absolute atomic E-state index is 0.127. The molecule has 0 spiro atoms. The second kappa shape index (κ2) is 9.42. The molecule has 0 saturated carbocycles. The van der Waals surface area contributed by atoms with E-state index in [1.54, 1.807) is 13.2 Å². The third kappa shape index (κ3) is 6.09. The van der Waals surface area contributed by atoms with Crippen LogP contribution in [0.15, 0.2) is 48.5 Å². The van der Waals surface area contributed by atoms with Crippen molar-refractivity contribution in [3.63, 3.8) is 0 Å². The highest BCUT2D eigenvalue weighted by Crippen LogP contribution is 2.16. The van der Waals surface area contributed by atoms with Gasteiger partial charge in [-0.15, -0.1) is 0 Å². The average Bonchev–Trinajstić information content (AvgIpc) is 2.63. The quantitative estimate of drug-likeness (QED) is 0.750. The topological polar surface area (TPSA) is 67.4 Å². The Balaban J connectivity index is 1.75. The fourth-order valence-corrected chi connectivity index (χ4v) is 2.33. The fourth-order valence-electron chi connectivity index (χ4n) is 2.33. The molecule has 2 N–H and O–H groups in total. The summed E-state index contributed by atoms with van der Waals surface area (Å²) in [5, 5.41) is 5.58. The van der Waals surface area contributed by atoms with Crippen molar-refractivity contribution < 1.29 is 14.3 Å². The summed E-state index contributed by atoms with van der Waals surface area (Å²) in [6.45, 7) is 4.20. The lowest BCUT2D eigenvalue weighted by Crippen LogP contribution is -2.26. The zero-order chi connectivity index (χ0) is 18.9. The van der Waals surface area contributed by atoms with E-state index in [0.717, 1.165) is 28.1 Å². The van der Waals surface area contributed by atoms with E-state index in [-0.39, 0.29) is 24.8 Å². The number of ether oxygens (including phenoxy) is 1. The summed E-state index contributed by atoms with van der Waals surface area (Å²) in [7, 11) is 1.61. The summed E-state index contributed by atoms with van der Waals surface area (Å²) >= 11 is 0. The summed E-state index contributed by atoms with van der Waals surface area (Å²) in [5.74, 6) is 0.403. The largest absolute Gasteiger partial charge is 0.497 e. The van der Waals surface area contributed by atoms with E-state index in [4.69, 9.17) is 4.74 Å². The Morgan fingerprint density at radius 3 is 2.50 bits per heavy atom. The Morgan fingerprint density at radius 2 is 1.81 bits per heavy atom. The second-order valence-electron chi connectivity index (χ2n) is 6.01. The van der Waals surface area contributed by atoms with Crippen molar-refractivity contribution in [1.29, 1.82) is 0 Å². The number of anilines is 1.